The monoisotopic (exact) mass is 309 g/mol. The Morgan fingerprint density at radius 2 is 2.19 bits per heavy atom. The molecule has 0 radical (unpaired) electrons. The van der Waals surface area contributed by atoms with Crippen LogP contribution in [0.25, 0.3) is 0 Å². The Labute approximate surface area is 125 Å². The largest absolute Gasteiger partial charge is 0.480 e. The average Bonchev–Trinajstić information content (AvgIpc) is 2.81. The van der Waals surface area contributed by atoms with E-state index < -0.39 is 24.1 Å². The highest BCUT2D eigenvalue weighted by atomic mass is 35.5. The fourth-order valence-electron chi connectivity index (χ4n) is 2.15. The van der Waals surface area contributed by atoms with Crippen LogP contribution in [0.2, 0.25) is 5.02 Å². The Hall–Kier alpha value is -2.30. The molecule has 1 unspecified atom stereocenters. The predicted octanol–water partition coefficient (Wildman–Crippen LogP) is 1.26. The molecule has 0 saturated carbocycles. The van der Waals surface area contributed by atoms with Crippen LogP contribution in [0.3, 0.4) is 0 Å². The number of urea groups is 1. The molecule has 8 heteroatoms. The number of hydrogen-bond acceptors (Lipinski definition) is 4. The molecule has 1 fully saturated rings. The third-order valence-electron chi connectivity index (χ3n) is 3.17. The number of hydrogen-bond donors (Lipinski definition) is 3. The lowest BCUT2D eigenvalue weighted by atomic mass is 10.2. The van der Waals surface area contributed by atoms with E-state index >= 15 is 0 Å². The first-order chi connectivity index (χ1) is 9.92. The van der Waals surface area contributed by atoms with Gasteiger partial charge in [0.15, 0.2) is 0 Å². The number of amides is 2. The molecule has 0 bridgehead atoms. The number of nitriles is 1. The molecule has 1 heterocycles. The zero-order valence-electron chi connectivity index (χ0n) is 10.8. The normalized spacial score (nSPS) is 20.9. The number of aliphatic hydroxyl groups is 1. The number of aliphatic carboxylic acids is 1. The van der Waals surface area contributed by atoms with Gasteiger partial charge >= 0.3 is 12.0 Å². The summed E-state index contributed by atoms with van der Waals surface area (Å²) in [5.74, 6) is -1.17. The molecule has 2 amide bonds. The second-order valence-corrected chi connectivity index (χ2v) is 5.04. The number of carboxylic acids is 1. The molecular formula is C13H12ClN3O4. The number of anilines is 1. The first-order valence-corrected chi connectivity index (χ1v) is 6.48. The van der Waals surface area contributed by atoms with Crippen molar-refractivity contribution in [2.75, 3.05) is 11.9 Å². The van der Waals surface area contributed by atoms with Crippen molar-refractivity contribution in [3.8, 4) is 6.07 Å². The molecule has 2 atom stereocenters. The topological polar surface area (TPSA) is 114 Å². The summed E-state index contributed by atoms with van der Waals surface area (Å²) in [6, 6.07) is 4.54. The van der Waals surface area contributed by atoms with E-state index in [0.29, 0.717) is 5.69 Å². The molecule has 1 saturated heterocycles. The van der Waals surface area contributed by atoms with E-state index in [4.69, 9.17) is 22.0 Å². The highest BCUT2D eigenvalue weighted by Gasteiger charge is 2.39. The highest BCUT2D eigenvalue weighted by molar-refractivity contribution is 6.32. The van der Waals surface area contributed by atoms with E-state index in [-0.39, 0.29) is 23.6 Å². The van der Waals surface area contributed by atoms with E-state index in [2.05, 4.69) is 5.32 Å². The Balaban J connectivity index is 2.12. The Morgan fingerprint density at radius 1 is 1.48 bits per heavy atom. The van der Waals surface area contributed by atoms with Crippen LogP contribution in [0.4, 0.5) is 10.5 Å². The number of likely N-dealkylation sites (tertiary alicyclic amines) is 1. The van der Waals surface area contributed by atoms with Gasteiger partial charge in [-0.15, -0.1) is 0 Å². The van der Waals surface area contributed by atoms with Gasteiger partial charge in [-0.05, 0) is 18.2 Å². The fraction of sp³-hybridized carbons (Fsp3) is 0.308. The van der Waals surface area contributed by atoms with Gasteiger partial charge < -0.3 is 20.4 Å². The summed E-state index contributed by atoms with van der Waals surface area (Å²) in [6.45, 7) is -0.0488. The number of nitrogens with one attached hydrogen (secondary N) is 1. The number of aliphatic hydroxyl groups excluding tert-OH is 1. The van der Waals surface area contributed by atoms with Gasteiger partial charge in [-0.25, -0.2) is 9.59 Å². The molecule has 21 heavy (non-hydrogen) atoms. The van der Waals surface area contributed by atoms with Crippen molar-refractivity contribution in [1.82, 2.24) is 4.90 Å². The summed E-state index contributed by atoms with van der Waals surface area (Å²) >= 11 is 5.85. The molecule has 0 aromatic heterocycles. The number of β-amino-alcohol motifs (C(OH)–C–C–N with tert-alkyl or cyclic N) is 1. The maximum absolute atomic E-state index is 12.1. The number of carbonyl (C=O) groups excluding carboxylic acids is 1. The number of halogens is 1. The van der Waals surface area contributed by atoms with E-state index in [0.717, 1.165) is 4.90 Å². The van der Waals surface area contributed by atoms with Crippen molar-refractivity contribution in [1.29, 1.82) is 5.26 Å². The van der Waals surface area contributed by atoms with Gasteiger partial charge in [-0.2, -0.15) is 5.26 Å². The van der Waals surface area contributed by atoms with Gasteiger partial charge in [0.2, 0.25) is 0 Å². The van der Waals surface area contributed by atoms with Crippen LogP contribution >= 0.6 is 11.6 Å². The van der Waals surface area contributed by atoms with Crippen molar-refractivity contribution in [2.45, 2.75) is 18.6 Å². The predicted molar refractivity (Wildman–Crippen MR) is 73.9 cm³/mol. The van der Waals surface area contributed by atoms with Crippen LogP contribution in [-0.2, 0) is 4.79 Å². The van der Waals surface area contributed by atoms with Gasteiger partial charge in [0.05, 0.1) is 16.7 Å². The molecule has 1 aromatic rings. The molecule has 0 aliphatic carbocycles. The maximum atomic E-state index is 12.1. The summed E-state index contributed by atoms with van der Waals surface area (Å²) in [6.07, 6.45) is -0.863. The summed E-state index contributed by atoms with van der Waals surface area (Å²) in [4.78, 5) is 24.2. The first kappa shape index (κ1) is 15.1. The van der Waals surface area contributed by atoms with Gasteiger partial charge in [0.25, 0.3) is 0 Å². The second-order valence-electron chi connectivity index (χ2n) is 4.63. The number of carbonyl (C=O) groups is 2. The van der Waals surface area contributed by atoms with Crippen molar-refractivity contribution in [3.05, 3.63) is 28.8 Å². The minimum absolute atomic E-state index is 0.00310. The standard InChI is InChI=1S/C13H12ClN3O4/c14-10-3-8(2-1-7(10)5-15)16-13(21)17-6-9(18)4-11(17)12(19)20/h1-3,9,11,18H,4,6H2,(H,16,21)(H,19,20)/t9?,11-/m0/s1. The van der Waals surface area contributed by atoms with Crippen LogP contribution in [0, 0.1) is 11.3 Å². The summed E-state index contributed by atoms with van der Waals surface area (Å²) in [7, 11) is 0. The summed E-state index contributed by atoms with van der Waals surface area (Å²) < 4.78 is 0. The highest BCUT2D eigenvalue weighted by Crippen LogP contribution is 2.23. The van der Waals surface area contributed by atoms with Crippen LogP contribution in [0.15, 0.2) is 18.2 Å². The molecule has 7 nitrogen and oxygen atoms in total. The molecule has 0 spiro atoms. The van der Waals surface area contributed by atoms with Crippen molar-refractivity contribution in [3.63, 3.8) is 0 Å². The van der Waals surface area contributed by atoms with E-state index in [9.17, 15) is 14.7 Å². The molecule has 1 aliphatic heterocycles. The third kappa shape index (κ3) is 3.24. The number of rotatable bonds is 2. The zero-order valence-corrected chi connectivity index (χ0v) is 11.5. The molecule has 1 aromatic carbocycles. The Bertz CT molecular complexity index is 628. The maximum Gasteiger partial charge on any atom is 0.326 e. The fourth-order valence-corrected chi connectivity index (χ4v) is 2.37. The Kier molecular flexibility index (Phi) is 4.31. The Morgan fingerprint density at radius 3 is 2.76 bits per heavy atom. The second kappa shape index (κ2) is 5.99. The van der Waals surface area contributed by atoms with Crippen LogP contribution in [0.1, 0.15) is 12.0 Å². The van der Waals surface area contributed by atoms with Crippen molar-refractivity contribution < 1.29 is 19.8 Å². The lowest BCUT2D eigenvalue weighted by molar-refractivity contribution is -0.141. The lowest BCUT2D eigenvalue weighted by Crippen LogP contribution is -2.43. The molecule has 1 aliphatic rings. The van der Waals surface area contributed by atoms with E-state index in [1.165, 1.54) is 18.2 Å². The van der Waals surface area contributed by atoms with Crippen LogP contribution < -0.4 is 5.32 Å². The number of carboxylic acid groups (broad SMARTS) is 1. The minimum atomic E-state index is -1.17. The molecule has 110 valence electrons. The lowest BCUT2D eigenvalue weighted by Gasteiger charge is -2.21. The molecule has 2 rings (SSSR count). The van der Waals surface area contributed by atoms with Crippen molar-refractivity contribution in [2.24, 2.45) is 0 Å². The van der Waals surface area contributed by atoms with Gasteiger partial charge in [-0.3, -0.25) is 0 Å². The first-order valence-electron chi connectivity index (χ1n) is 6.10. The molecular weight excluding hydrogens is 298 g/mol. The summed E-state index contributed by atoms with van der Waals surface area (Å²) in [5, 5.41) is 30.0. The van der Waals surface area contributed by atoms with Crippen LogP contribution in [0.5, 0.6) is 0 Å². The third-order valence-corrected chi connectivity index (χ3v) is 3.48. The summed E-state index contributed by atoms with van der Waals surface area (Å²) in [5.41, 5.74) is 0.615. The zero-order chi connectivity index (χ0) is 15.6. The van der Waals surface area contributed by atoms with Crippen LogP contribution in [-0.4, -0.2) is 45.8 Å². The minimum Gasteiger partial charge on any atom is -0.480 e. The van der Waals surface area contributed by atoms with Crippen molar-refractivity contribution >= 4 is 29.3 Å². The van der Waals surface area contributed by atoms with Gasteiger partial charge in [-0.1, -0.05) is 11.6 Å². The van der Waals surface area contributed by atoms with Gasteiger partial charge in [0, 0.05) is 18.7 Å². The molecule has 3 N–H and O–H groups in total. The number of nitrogens with zero attached hydrogens (tertiary/aromatic N) is 2. The average molecular weight is 310 g/mol. The SMILES string of the molecule is N#Cc1ccc(NC(=O)N2CC(O)C[C@H]2C(=O)O)cc1Cl. The van der Waals surface area contributed by atoms with E-state index in [1.54, 1.807) is 0 Å². The smallest absolute Gasteiger partial charge is 0.326 e. The quantitative estimate of drug-likeness (QED) is 0.761. The van der Waals surface area contributed by atoms with E-state index in [1.807, 2.05) is 6.07 Å². The van der Waals surface area contributed by atoms with Gasteiger partial charge in [0.1, 0.15) is 12.1 Å². The number of benzene rings is 1.